The van der Waals surface area contributed by atoms with Crippen LogP contribution in [-0.4, -0.2) is 75.4 Å². The van der Waals surface area contributed by atoms with Gasteiger partial charge in [-0.15, -0.1) is 0 Å². The highest BCUT2D eigenvalue weighted by Crippen LogP contribution is 2.33. The molecule has 0 unspecified atom stereocenters. The third-order valence-electron chi connectivity index (χ3n) is 6.93. The zero-order chi connectivity index (χ0) is 22.7. The molecule has 1 aliphatic carbocycles. The van der Waals surface area contributed by atoms with E-state index in [0.29, 0.717) is 44.2 Å². The van der Waals surface area contributed by atoms with Crippen LogP contribution in [0.25, 0.3) is 0 Å². The first kappa shape index (κ1) is 23.2. The van der Waals surface area contributed by atoms with Crippen LogP contribution in [0.15, 0.2) is 23.1 Å². The molecule has 2 aliphatic heterocycles. The van der Waals surface area contributed by atoms with E-state index in [1.807, 2.05) is 0 Å². The minimum atomic E-state index is -3.56. The number of sulfonamides is 1. The molecule has 1 saturated heterocycles. The monoisotopic (exact) mass is 463 g/mol. The van der Waals surface area contributed by atoms with Crippen LogP contribution in [0.3, 0.4) is 0 Å². The molecule has 1 saturated carbocycles. The molecule has 2 amide bonds. The molecule has 0 aromatic heterocycles. The minimum Gasteiger partial charge on any atom is -0.378 e. The van der Waals surface area contributed by atoms with Crippen molar-refractivity contribution in [1.29, 1.82) is 0 Å². The zero-order valence-electron chi connectivity index (χ0n) is 18.8. The SMILES string of the molecule is CN(C1CCCCC1)S(=O)(=O)c1ccc2c(c1)CCN2C(=O)CCC(=O)N1CCOCC1. The normalized spacial score (nSPS) is 19.9. The van der Waals surface area contributed by atoms with Crippen molar-refractivity contribution in [3.63, 3.8) is 0 Å². The largest absolute Gasteiger partial charge is 0.378 e. The maximum Gasteiger partial charge on any atom is 0.243 e. The molecule has 1 aromatic rings. The van der Waals surface area contributed by atoms with Gasteiger partial charge in [0.2, 0.25) is 21.8 Å². The van der Waals surface area contributed by atoms with Crippen LogP contribution in [0.2, 0.25) is 0 Å². The van der Waals surface area contributed by atoms with Crippen LogP contribution >= 0.6 is 0 Å². The minimum absolute atomic E-state index is 0.0201. The zero-order valence-corrected chi connectivity index (χ0v) is 19.6. The van der Waals surface area contributed by atoms with Crippen LogP contribution in [0.5, 0.6) is 0 Å². The van der Waals surface area contributed by atoms with Crippen LogP contribution in [0.1, 0.15) is 50.5 Å². The van der Waals surface area contributed by atoms with Gasteiger partial charge in [0, 0.05) is 51.3 Å². The number of nitrogens with zero attached hydrogens (tertiary/aromatic N) is 3. The standard InChI is InChI=1S/C23H33N3O5S/c1-24(19-5-3-2-4-6-19)32(29,30)20-7-8-21-18(17-20)11-12-26(21)23(28)10-9-22(27)25-13-15-31-16-14-25/h7-8,17,19H,2-6,9-16H2,1H3. The predicted octanol–water partition coefficient (Wildman–Crippen LogP) is 2.17. The number of ether oxygens (including phenoxy) is 1. The van der Waals surface area contributed by atoms with Crippen LogP contribution < -0.4 is 4.90 Å². The highest BCUT2D eigenvalue weighted by molar-refractivity contribution is 7.89. The van der Waals surface area contributed by atoms with Gasteiger partial charge in [0.05, 0.1) is 18.1 Å². The fourth-order valence-corrected chi connectivity index (χ4v) is 6.39. The quantitative estimate of drug-likeness (QED) is 0.645. The second kappa shape index (κ2) is 9.89. The molecule has 8 nitrogen and oxygen atoms in total. The fraction of sp³-hybridized carbons (Fsp3) is 0.652. The Morgan fingerprint density at radius 3 is 2.44 bits per heavy atom. The Labute approximate surface area is 190 Å². The van der Waals surface area contributed by atoms with Gasteiger partial charge in [0.15, 0.2) is 0 Å². The van der Waals surface area contributed by atoms with Gasteiger partial charge >= 0.3 is 0 Å². The van der Waals surface area contributed by atoms with Crippen molar-refractivity contribution in [3.8, 4) is 0 Å². The predicted molar refractivity (Wildman–Crippen MR) is 121 cm³/mol. The Balaban J connectivity index is 1.40. The third kappa shape index (κ3) is 4.84. The van der Waals surface area contributed by atoms with E-state index in [0.717, 1.165) is 36.9 Å². The maximum absolute atomic E-state index is 13.2. The van der Waals surface area contributed by atoms with Crippen molar-refractivity contribution in [2.24, 2.45) is 0 Å². The van der Waals surface area contributed by atoms with E-state index < -0.39 is 10.0 Å². The number of rotatable bonds is 6. The molecule has 4 rings (SSSR count). The summed E-state index contributed by atoms with van der Waals surface area (Å²) >= 11 is 0. The van der Waals surface area contributed by atoms with Crippen molar-refractivity contribution < 1.29 is 22.7 Å². The molecule has 176 valence electrons. The average Bonchev–Trinajstić information content (AvgIpc) is 3.26. The molecular weight excluding hydrogens is 430 g/mol. The molecule has 0 N–H and O–H groups in total. The van der Waals surface area contributed by atoms with Crippen molar-refractivity contribution in [3.05, 3.63) is 23.8 Å². The molecule has 3 aliphatic rings. The van der Waals surface area contributed by atoms with E-state index in [1.54, 1.807) is 35.0 Å². The molecule has 32 heavy (non-hydrogen) atoms. The van der Waals surface area contributed by atoms with Gasteiger partial charge in [-0.05, 0) is 43.0 Å². The van der Waals surface area contributed by atoms with Gasteiger partial charge in [0.25, 0.3) is 0 Å². The smallest absolute Gasteiger partial charge is 0.243 e. The molecule has 0 atom stereocenters. The maximum atomic E-state index is 13.2. The number of hydrogen-bond acceptors (Lipinski definition) is 5. The molecule has 0 spiro atoms. The lowest BCUT2D eigenvalue weighted by Crippen LogP contribution is -2.41. The van der Waals surface area contributed by atoms with Gasteiger partial charge in [0.1, 0.15) is 0 Å². The summed E-state index contributed by atoms with van der Waals surface area (Å²) in [5.41, 5.74) is 1.63. The summed E-state index contributed by atoms with van der Waals surface area (Å²) in [6.07, 6.45) is 6.08. The van der Waals surface area contributed by atoms with Crippen LogP contribution in [-0.2, 0) is 30.8 Å². The lowest BCUT2D eigenvalue weighted by molar-refractivity contribution is -0.136. The van der Waals surface area contributed by atoms with E-state index in [9.17, 15) is 18.0 Å². The molecule has 1 aromatic carbocycles. The summed E-state index contributed by atoms with van der Waals surface area (Å²) in [5.74, 6) is -0.117. The number of carbonyl (C=O) groups excluding carboxylic acids is 2. The van der Waals surface area contributed by atoms with Crippen LogP contribution in [0.4, 0.5) is 5.69 Å². The molecule has 2 heterocycles. The highest BCUT2D eigenvalue weighted by Gasteiger charge is 2.32. The van der Waals surface area contributed by atoms with Gasteiger partial charge in [-0.1, -0.05) is 19.3 Å². The first-order valence-corrected chi connectivity index (χ1v) is 13.1. The van der Waals surface area contributed by atoms with E-state index in [2.05, 4.69) is 0 Å². The number of amides is 2. The van der Waals surface area contributed by atoms with Crippen molar-refractivity contribution in [2.45, 2.75) is 62.3 Å². The topological polar surface area (TPSA) is 87.2 Å². The molecule has 2 fully saturated rings. The molecular formula is C23H33N3O5S. The Morgan fingerprint density at radius 1 is 1.03 bits per heavy atom. The van der Waals surface area contributed by atoms with Crippen molar-refractivity contribution >= 4 is 27.5 Å². The summed E-state index contributed by atoms with van der Waals surface area (Å²) in [5, 5.41) is 0. The van der Waals surface area contributed by atoms with Gasteiger partial charge in [-0.25, -0.2) is 8.42 Å². The van der Waals surface area contributed by atoms with Gasteiger partial charge < -0.3 is 14.5 Å². The number of morpholine rings is 1. The average molecular weight is 464 g/mol. The number of carbonyl (C=O) groups is 2. The van der Waals surface area contributed by atoms with Crippen molar-refractivity contribution in [2.75, 3.05) is 44.8 Å². The highest BCUT2D eigenvalue weighted by atomic mass is 32.2. The number of hydrogen-bond donors (Lipinski definition) is 0. The third-order valence-corrected chi connectivity index (χ3v) is 8.84. The Bertz CT molecular complexity index is 952. The summed E-state index contributed by atoms with van der Waals surface area (Å²) in [6.45, 7) is 2.75. The number of benzene rings is 1. The Morgan fingerprint density at radius 2 is 1.72 bits per heavy atom. The van der Waals surface area contributed by atoms with E-state index >= 15 is 0 Å². The van der Waals surface area contributed by atoms with Gasteiger partial charge in [-0.2, -0.15) is 4.31 Å². The lowest BCUT2D eigenvalue weighted by atomic mass is 9.96. The second-order valence-electron chi connectivity index (χ2n) is 8.89. The lowest BCUT2D eigenvalue weighted by Gasteiger charge is -2.30. The molecule has 9 heteroatoms. The number of fused-ring (bicyclic) bond motifs is 1. The molecule has 0 bridgehead atoms. The Kier molecular flexibility index (Phi) is 7.17. The Hall–Kier alpha value is -1.97. The van der Waals surface area contributed by atoms with Crippen molar-refractivity contribution in [1.82, 2.24) is 9.21 Å². The van der Waals surface area contributed by atoms with E-state index in [4.69, 9.17) is 4.74 Å². The summed E-state index contributed by atoms with van der Waals surface area (Å²) < 4.78 is 33.1. The first-order valence-electron chi connectivity index (χ1n) is 11.6. The molecule has 0 radical (unpaired) electrons. The number of anilines is 1. The fourth-order valence-electron chi connectivity index (χ4n) is 4.92. The first-order chi connectivity index (χ1) is 15.4. The second-order valence-corrected chi connectivity index (χ2v) is 10.9. The van der Waals surface area contributed by atoms with Gasteiger partial charge in [-0.3, -0.25) is 9.59 Å². The summed E-state index contributed by atoms with van der Waals surface area (Å²) in [7, 11) is -1.88. The van der Waals surface area contributed by atoms with E-state index in [1.165, 1.54) is 10.7 Å². The van der Waals surface area contributed by atoms with Crippen LogP contribution in [0, 0.1) is 0 Å². The van der Waals surface area contributed by atoms with E-state index in [-0.39, 0.29) is 30.7 Å². The summed E-state index contributed by atoms with van der Waals surface area (Å²) in [4.78, 5) is 28.9. The summed E-state index contributed by atoms with van der Waals surface area (Å²) in [6, 6.07) is 5.13.